The Balaban J connectivity index is 1.34. The van der Waals surface area contributed by atoms with Crippen LogP contribution in [-0.2, 0) is 14.4 Å². The number of amides is 3. The maximum Gasteiger partial charge on any atom is 0.243 e. The zero-order valence-electron chi connectivity index (χ0n) is 19.7. The third kappa shape index (κ3) is 6.04. The van der Waals surface area contributed by atoms with Gasteiger partial charge in [0.1, 0.15) is 11.8 Å². The van der Waals surface area contributed by atoms with Gasteiger partial charge in [-0.05, 0) is 24.3 Å². The predicted molar refractivity (Wildman–Crippen MR) is 135 cm³/mol. The molecular formula is C25H30ClN5O4. The molecular weight excluding hydrogens is 470 g/mol. The molecule has 0 aliphatic carbocycles. The van der Waals surface area contributed by atoms with Crippen LogP contribution in [0.5, 0.6) is 5.75 Å². The molecule has 35 heavy (non-hydrogen) atoms. The largest absolute Gasteiger partial charge is 0.495 e. The fraction of sp³-hybridized carbons (Fsp3) is 0.400. The van der Waals surface area contributed by atoms with Gasteiger partial charge in [-0.15, -0.1) is 0 Å². The van der Waals surface area contributed by atoms with Crippen molar-refractivity contribution in [1.82, 2.24) is 15.1 Å². The van der Waals surface area contributed by atoms with E-state index in [4.69, 9.17) is 16.3 Å². The Bertz CT molecular complexity index is 1070. The molecule has 2 saturated heterocycles. The maximum absolute atomic E-state index is 13.2. The highest BCUT2D eigenvalue weighted by molar-refractivity contribution is 6.33. The Hall–Kier alpha value is -3.30. The van der Waals surface area contributed by atoms with Crippen molar-refractivity contribution in [3.63, 3.8) is 0 Å². The maximum atomic E-state index is 13.2. The lowest BCUT2D eigenvalue weighted by Crippen LogP contribution is -2.60. The molecule has 2 heterocycles. The van der Waals surface area contributed by atoms with E-state index in [2.05, 4.69) is 20.4 Å². The molecule has 10 heteroatoms. The van der Waals surface area contributed by atoms with E-state index in [0.717, 1.165) is 24.5 Å². The van der Waals surface area contributed by atoms with Crippen molar-refractivity contribution in [1.29, 1.82) is 0 Å². The molecule has 4 rings (SSSR count). The second-order valence-electron chi connectivity index (χ2n) is 8.56. The van der Waals surface area contributed by atoms with Crippen molar-refractivity contribution in [2.45, 2.75) is 12.5 Å². The van der Waals surface area contributed by atoms with Gasteiger partial charge >= 0.3 is 0 Å². The lowest BCUT2D eigenvalue weighted by atomic mass is 10.1. The molecule has 2 aromatic carbocycles. The van der Waals surface area contributed by atoms with Crippen LogP contribution in [0.4, 0.5) is 11.4 Å². The number of hydrogen-bond acceptors (Lipinski definition) is 6. The van der Waals surface area contributed by atoms with Gasteiger partial charge in [-0.1, -0.05) is 35.9 Å². The molecule has 0 radical (unpaired) electrons. The number of para-hydroxylation sites is 3. The molecule has 186 valence electrons. The first kappa shape index (κ1) is 24.8. The van der Waals surface area contributed by atoms with Crippen LogP contribution in [0.15, 0.2) is 48.5 Å². The van der Waals surface area contributed by atoms with E-state index < -0.39 is 6.04 Å². The number of ether oxygens (including phenoxy) is 1. The topological polar surface area (TPSA) is 94.2 Å². The van der Waals surface area contributed by atoms with Gasteiger partial charge in [0.2, 0.25) is 17.7 Å². The average Bonchev–Trinajstić information content (AvgIpc) is 2.87. The van der Waals surface area contributed by atoms with Crippen LogP contribution in [0.2, 0.25) is 5.02 Å². The molecule has 0 aromatic heterocycles. The molecule has 2 fully saturated rings. The summed E-state index contributed by atoms with van der Waals surface area (Å²) in [4.78, 5) is 44.3. The second-order valence-corrected chi connectivity index (χ2v) is 8.97. The summed E-state index contributed by atoms with van der Waals surface area (Å²) in [6.07, 6.45) is -0.135. The Morgan fingerprint density at radius 1 is 1.06 bits per heavy atom. The number of benzene rings is 2. The predicted octanol–water partition coefficient (Wildman–Crippen LogP) is 1.83. The number of rotatable bonds is 7. The van der Waals surface area contributed by atoms with Gasteiger partial charge < -0.3 is 25.2 Å². The first-order chi connectivity index (χ1) is 17.0. The smallest absolute Gasteiger partial charge is 0.243 e. The van der Waals surface area contributed by atoms with E-state index in [-0.39, 0.29) is 30.7 Å². The minimum Gasteiger partial charge on any atom is -0.495 e. The summed E-state index contributed by atoms with van der Waals surface area (Å²) in [6.45, 7) is 3.89. The molecule has 2 N–H and O–H groups in total. The molecule has 2 aliphatic heterocycles. The van der Waals surface area contributed by atoms with Crippen molar-refractivity contribution < 1.29 is 19.1 Å². The van der Waals surface area contributed by atoms with Crippen LogP contribution >= 0.6 is 11.6 Å². The minimum absolute atomic E-state index is 0.135. The zero-order valence-corrected chi connectivity index (χ0v) is 20.5. The van der Waals surface area contributed by atoms with Crippen molar-refractivity contribution >= 4 is 40.7 Å². The zero-order chi connectivity index (χ0) is 24.8. The molecule has 2 aliphatic rings. The minimum atomic E-state index is -0.853. The molecule has 0 spiro atoms. The summed E-state index contributed by atoms with van der Waals surface area (Å²) in [7, 11) is 1.66. The highest BCUT2D eigenvalue weighted by Gasteiger charge is 2.35. The second kappa shape index (κ2) is 11.4. The molecule has 3 amide bonds. The lowest BCUT2D eigenvalue weighted by molar-refractivity contribution is -0.145. The van der Waals surface area contributed by atoms with E-state index in [1.807, 2.05) is 24.3 Å². The molecule has 0 bridgehead atoms. The summed E-state index contributed by atoms with van der Waals surface area (Å²) < 4.78 is 5.47. The number of nitrogens with one attached hydrogen (secondary N) is 2. The molecule has 9 nitrogen and oxygen atoms in total. The third-order valence-corrected chi connectivity index (χ3v) is 6.66. The number of anilines is 2. The van der Waals surface area contributed by atoms with Crippen molar-refractivity contribution in [2.24, 2.45) is 0 Å². The number of nitrogens with zero attached hydrogens (tertiary/aromatic N) is 3. The van der Waals surface area contributed by atoms with Gasteiger partial charge in [-0.3, -0.25) is 19.3 Å². The molecule has 0 unspecified atom stereocenters. The standard InChI is InChI=1S/C25H30ClN5O4/c1-35-22-9-5-4-8-20(22)30-14-12-29(13-15-30)17-24(33)31-11-10-27-25(34)21(31)16-23(32)28-19-7-3-2-6-18(19)26/h2-9,21H,10-17H2,1H3,(H,27,34)(H,28,32)/t21-/m1/s1. The Labute approximate surface area is 210 Å². The summed E-state index contributed by atoms with van der Waals surface area (Å²) in [6, 6.07) is 13.9. The van der Waals surface area contributed by atoms with E-state index in [1.54, 1.807) is 31.4 Å². The van der Waals surface area contributed by atoms with Gasteiger partial charge in [0, 0.05) is 39.3 Å². The number of carbonyl (C=O) groups excluding carboxylic acids is 3. The first-order valence-corrected chi connectivity index (χ1v) is 12.1. The van der Waals surface area contributed by atoms with E-state index in [0.29, 0.717) is 36.9 Å². The number of halogens is 1. The van der Waals surface area contributed by atoms with Crippen LogP contribution in [0.1, 0.15) is 6.42 Å². The van der Waals surface area contributed by atoms with Crippen LogP contribution in [0.3, 0.4) is 0 Å². The quantitative estimate of drug-likeness (QED) is 0.603. The van der Waals surface area contributed by atoms with Gasteiger partial charge in [-0.25, -0.2) is 0 Å². The molecule has 2 aromatic rings. The van der Waals surface area contributed by atoms with E-state index in [1.165, 1.54) is 4.90 Å². The normalized spacial score (nSPS) is 18.7. The number of carbonyl (C=O) groups is 3. The summed E-state index contributed by atoms with van der Waals surface area (Å²) in [5.41, 5.74) is 1.51. The van der Waals surface area contributed by atoms with Crippen LogP contribution in [0.25, 0.3) is 0 Å². The van der Waals surface area contributed by atoms with Crippen molar-refractivity contribution in [3.8, 4) is 5.75 Å². The van der Waals surface area contributed by atoms with Gasteiger partial charge in [0.25, 0.3) is 0 Å². The van der Waals surface area contributed by atoms with Crippen molar-refractivity contribution in [3.05, 3.63) is 53.6 Å². The lowest BCUT2D eigenvalue weighted by Gasteiger charge is -2.39. The van der Waals surface area contributed by atoms with E-state index in [9.17, 15) is 14.4 Å². The van der Waals surface area contributed by atoms with Crippen LogP contribution < -0.4 is 20.3 Å². The highest BCUT2D eigenvalue weighted by atomic mass is 35.5. The summed E-state index contributed by atoms with van der Waals surface area (Å²) in [5, 5.41) is 5.91. The fourth-order valence-corrected chi connectivity index (χ4v) is 4.66. The van der Waals surface area contributed by atoms with Gasteiger partial charge in [-0.2, -0.15) is 0 Å². The van der Waals surface area contributed by atoms with E-state index >= 15 is 0 Å². The monoisotopic (exact) mass is 499 g/mol. The van der Waals surface area contributed by atoms with Crippen LogP contribution in [-0.4, -0.2) is 86.5 Å². The third-order valence-electron chi connectivity index (χ3n) is 6.33. The Morgan fingerprint density at radius 2 is 1.77 bits per heavy atom. The average molecular weight is 500 g/mol. The Morgan fingerprint density at radius 3 is 2.51 bits per heavy atom. The Kier molecular flexibility index (Phi) is 8.09. The van der Waals surface area contributed by atoms with Crippen molar-refractivity contribution in [2.75, 3.05) is 63.1 Å². The van der Waals surface area contributed by atoms with Gasteiger partial charge in [0.15, 0.2) is 0 Å². The number of piperazine rings is 2. The summed E-state index contributed by atoms with van der Waals surface area (Å²) in [5.74, 6) is -0.0151. The SMILES string of the molecule is COc1ccccc1N1CCN(CC(=O)N2CCNC(=O)[C@H]2CC(=O)Nc2ccccc2Cl)CC1. The van der Waals surface area contributed by atoms with Crippen LogP contribution in [0, 0.1) is 0 Å². The first-order valence-electron chi connectivity index (χ1n) is 11.7. The highest BCUT2D eigenvalue weighted by Crippen LogP contribution is 2.28. The molecule has 0 saturated carbocycles. The number of hydrogen-bond donors (Lipinski definition) is 2. The van der Waals surface area contributed by atoms with Gasteiger partial charge in [0.05, 0.1) is 36.5 Å². The fourth-order valence-electron chi connectivity index (χ4n) is 4.48. The number of methoxy groups -OCH3 is 1. The summed E-state index contributed by atoms with van der Waals surface area (Å²) >= 11 is 6.12. The molecule has 1 atom stereocenters.